The molecule has 1 N–H and O–H groups in total. The number of anilines is 1. The molecular weight excluding hydrogens is 382 g/mol. The molecule has 150 valence electrons. The molecule has 0 aromatic heterocycles. The van der Waals surface area contributed by atoms with Crippen LogP contribution in [0, 0.1) is 17.0 Å². The van der Waals surface area contributed by atoms with E-state index >= 15 is 0 Å². The van der Waals surface area contributed by atoms with Crippen LogP contribution in [0.4, 0.5) is 11.4 Å². The Kier molecular flexibility index (Phi) is 5.02. The van der Waals surface area contributed by atoms with E-state index in [1.54, 1.807) is 6.07 Å². The van der Waals surface area contributed by atoms with Crippen molar-refractivity contribution in [3.63, 3.8) is 0 Å². The summed E-state index contributed by atoms with van der Waals surface area (Å²) in [6.45, 7) is 1.71. The van der Waals surface area contributed by atoms with Crippen LogP contribution in [0.1, 0.15) is 33.1 Å². The predicted octanol–water partition coefficient (Wildman–Crippen LogP) is 4.09. The highest BCUT2D eigenvalue weighted by atomic mass is 16.6. The summed E-state index contributed by atoms with van der Waals surface area (Å²) in [6, 6.07) is 20.2. The van der Waals surface area contributed by atoms with Crippen LogP contribution >= 0.6 is 0 Å². The Morgan fingerprint density at radius 1 is 1.07 bits per heavy atom. The SMILES string of the molecule is Cc1ccc2c(c1)C(c1ccccc1)N(C(=O)c1ccccc1[N+](=O)[O-])CC(=O)N2. The van der Waals surface area contributed by atoms with Crippen molar-refractivity contribution < 1.29 is 14.5 Å². The quantitative estimate of drug-likeness (QED) is 0.528. The first-order chi connectivity index (χ1) is 14.5. The molecule has 0 spiro atoms. The van der Waals surface area contributed by atoms with Gasteiger partial charge in [-0.25, -0.2) is 0 Å². The Morgan fingerprint density at radius 3 is 2.50 bits per heavy atom. The molecule has 0 saturated heterocycles. The molecule has 7 nitrogen and oxygen atoms in total. The molecule has 1 heterocycles. The van der Waals surface area contributed by atoms with Crippen LogP contribution in [0.2, 0.25) is 0 Å². The van der Waals surface area contributed by atoms with Gasteiger partial charge in [-0.05, 0) is 24.6 Å². The minimum Gasteiger partial charge on any atom is -0.324 e. The molecule has 0 bridgehead atoms. The average molecular weight is 401 g/mol. The molecule has 1 atom stereocenters. The highest BCUT2D eigenvalue weighted by molar-refractivity contribution is 6.03. The van der Waals surface area contributed by atoms with E-state index < -0.39 is 16.9 Å². The molecule has 0 saturated carbocycles. The van der Waals surface area contributed by atoms with Gasteiger partial charge in [0.15, 0.2) is 0 Å². The number of hydrogen-bond donors (Lipinski definition) is 1. The first kappa shape index (κ1) is 19.3. The van der Waals surface area contributed by atoms with Crippen LogP contribution in [-0.4, -0.2) is 28.2 Å². The van der Waals surface area contributed by atoms with E-state index in [-0.39, 0.29) is 23.7 Å². The molecule has 0 aliphatic carbocycles. The van der Waals surface area contributed by atoms with Crippen molar-refractivity contribution in [3.05, 3.63) is 105 Å². The summed E-state index contributed by atoms with van der Waals surface area (Å²) < 4.78 is 0. The summed E-state index contributed by atoms with van der Waals surface area (Å²) in [5.74, 6) is -0.925. The van der Waals surface area contributed by atoms with Gasteiger partial charge in [0.1, 0.15) is 12.1 Å². The fourth-order valence-electron chi connectivity index (χ4n) is 3.78. The zero-order chi connectivity index (χ0) is 21.3. The molecule has 1 aliphatic heterocycles. The minimum atomic E-state index is -0.583. The monoisotopic (exact) mass is 401 g/mol. The van der Waals surface area contributed by atoms with Crippen molar-refractivity contribution in [3.8, 4) is 0 Å². The van der Waals surface area contributed by atoms with Crippen LogP contribution in [0.25, 0.3) is 0 Å². The van der Waals surface area contributed by atoms with Gasteiger partial charge in [-0.3, -0.25) is 19.7 Å². The van der Waals surface area contributed by atoms with Crippen LogP contribution in [0.5, 0.6) is 0 Å². The second kappa shape index (κ2) is 7.79. The summed E-state index contributed by atoms with van der Waals surface area (Å²) in [6.07, 6.45) is 0. The highest BCUT2D eigenvalue weighted by Crippen LogP contribution is 2.37. The topological polar surface area (TPSA) is 92.6 Å². The van der Waals surface area contributed by atoms with Gasteiger partial charge in [-0.2, -0.15) is 0 Å². The van der Waals surface area contributed by atoms with E-state index in [2.05, 4.69) is 5.32 Å². The number of rotatable bonds is 3. The Morgan fingerprint density at radius 2 is 1.77 bits per heavy atom. The number of amides is 2. The van der Waals surface area contributed by atoms with Crippen LogP contribution < -0.4 is 5.32 Å². The van der Waals surface area contributed by atoms with Crippen molar-refractivity contribution in [2.75, 3.05) is 11.9 Å². The van der Waals surface area contributed by atoms with E-state index in [4.69, 9.17) is 0 Å². The molecule has 0 fully saturated rings. The first-order valence-corrected chi connectivity index (χ1v) is 9.45. The van der Waals surface area contributed by atoms with Crippen molar-refractivity contribution in [1.29, 1.82) is 0 Å². The third-order valence-electron chi connectivity index (χ3n) is 5.11. The lowest BCUT2D eigenvalue weighted by Gasteiger charge is -2.30. The van der Waals surface area contributed by atoms with Gasteiger partial charge in [0.2, 0.25) is 5.91 Å². The standard InChI is InChI=1S/C23H19N3O4/c1-15-11-12-19-18(13-15)22(16-7-3-2-4-8-16)25(14-21(27)24-19)23(28)17-9-5-6-10-20(17)26(29)30/h2-13,22H,14H2,1H3,(H,24,27). The Bertz CT molecular complexity index is 1140. The number of fused-ring (bicyclic) bond motifs is 1. The number of benzene rings is 3. The van der Waals surface area contributed by atoms with Gasteiger partial charge in [0.05, 0.1) is 11.0 Å². The van der Waals surface area contributed by atoms with E-state index in [1.807, 2.05) is 55.5 Å². The Labute approximate surface area is 173 Å². The van der Waals surface area contributed by atoms with Crippen LogP contribution in [-0.2, 0) is 4.79 Å². The molecule has 3 aromatic rings. The van der Waals surface area contributed by atoms with E-state index in [0.717, 1.165) is 16.7 Å². The molecule has 0 radical (unpaired) electrons. The third kappa shape index (κ3) is 3.53. The number of carbonyl (C=O) groups excluding carboxylic acids is 2. The summed E-state index contributed by atoms with van der Waals surface area (Å²) in [5.41, 5.74) is 2.84. The number of carbonyl (C=O) groups is 2. The van der Waals surface area contributed by atoms with E-state index in [9.17, 15) is 19.7 Å². The zero-order valence-corrected chi connectivity index (χ0v) is 16.2. The number of para-hydroxylation sites is 1. The second-order valence-corrected chi connectivity index (χ2v) is 7.16. The largest absolute Gasteiger partial charge is 0.324 e. The van der Waals surface area contributed by atoms with Gasteiger partial charge in [0.25, 0.3) is 11.6 Å². The molecular formula is C23H19N3O4. The van der Waals surface area contributed by atoms with Gasteiger partial charge < -0.3 is 10.2 Å². The number of nitro benzene ring substituents is 1. The average Bonchev–Trinajstić information content (AvgIpc) is 2.89. The normalized spacial score (nSPS) is 15.7. The lowest BCUT2D eigenvalue weighted by Crippen LogP contribution is -2.39. The van der Waals surface area contributed by atoms with Crippen molar-refractivity contribution >= 4 is 23.2 Å². The maximum absolute atomic E-state index is 13.5. The summed E-state index contributed by atoms with van der Waals surface area (Å²) in [7, 11) is 0. The first-order valence-electron chi connectivity index (χ1n) is 9.45. The van der Waals surface area contributed by atoms with Crippen molar-refractivity contribution in [2.24, 2.45) is 0 Å². The molecule has 4 rings (SSSR count). The molecule has 30 heavy (non-hydrogen) atoms. The molecule has 7 heteroatoms. The summed E-state index contributed by atoms with van der Waals surface area (Å²) in [5, 5.41) is 14.3. The number of aryl methyl sites for hydroxylation is 1. The smallest absolute Gasteiger partial charge is 0.282 e. The molecule has 1 unspecified atom stereocenters. The fourth-order valence-corrected chi connectivity index (χ4v) is 3.78. The number of nitrogens with zero attached hydrogens (tertiary/aromatic N) is 2. The second-order valence-electron chi connectivity index (χ2n) is 7.16. The van der Waals surface area contributed by atoms with Gasteiger partial charge in [-0.15, -0.1) is 0 Å². The number of nitro groups is 1. The van der Waals surface area contributed by atoms with Gasteiger partial charge >= 0.3 is 0 Å². The summed E-state index contributed by atoms with van der Waals surface area (Å²) in [4.78, 5) is 38.5. The Balaban J connectivity index is 1.92. The van der Waals surface area contributed by atoms with Crippen molar-refractivity contribution in [1.82, 2.24) is 4.90 Å². The molecule has 2 amide bonds. The minimum absolute atomic E-state index is 0.0488. The Hall–Kier alpha value is -4.00. The summed E-state index contributed by atoms with van der Waals surface area (Å²) >= 11 is 0. The fraction of sp³-hybridized carbons (Fsp3) is 0.130. The molecule has 1 aliphatic rings. The maximum Gasteiger partial charge on any atom is 0.282 e. The lowest BCUT2D eigenvalue weighted by molar-refractivity contribution is -0.385. The van der Waals surface area contributed by atoms with Gasteiger partial charge in [0, 0.05) is 17.3 Å². The van der Waals surface area contributed by atoms with Crippen molar-refractivity contribution in [2.45, 2.75) is 13.0 Å². The lowest BCUT2D eigenvalue weighted by atomic mass is 9.94. The third-order valence-corrected chi connectivity index (χ3v) is 5.11. The van der Waals surface area contributed by atoms with E-state index in [1.165, 1.54) is 23.1 Å². The van der Waals surface area contributed by atoms with Gasteiger partial charge in [-0.1, -0.05) is 60.2 Å². The molecule has 3 aromatic carbocycles. The number of hydrogen-bond acceptors (Lipinski definition) is 4. The highest BCUT2D eigenvalue weighted by Gasteiger charge is 2.36. The zero-order valence-electron chi connectivity index (χ0n) is 16.2. The maximum atomic E-state index is 13.5. The van der Waals surface area contributed by atoms with Crippen LogP contribution in [0.15, 0.2) is 72.8 Å². The predicted molar refractivity (Wildman–Crippen MR) is 112 cm³/mol. The number of nitrogens with one attached hydrogen (secondary N) is 1. The van der Waals surface area contributed by atoms with Crippen LogP contribution in [0.3, 0.4) is 0 Å². The van der Waals surface area contributed by atoms with E-state index in [0.29, 0.717) is 5.69 Å².